The smallest absolute Gasteiger partial charge is 0.317 e. The van der Waals surface area contributed by atoms with Crippen LogP contribution in [0, 0.1) is 18.8 Å². The zero-order valence-electron chi connectivity index (χ0n) is 13.8. The molecule has 0 aromatic carbocycles. The van der Waals surface area contributed by atoms with Crippen molar-refractivity contribution in [1.29, 1.82) is 0 Å². The summed E-state index contributed by atoms with van der Waals surface area (Å²) < 4.78 is 0. The lowest BCUT2D eigenvalue weighted by atomic mass is 9.93. The Kier molecular flexibility index (Phi) is 4.28. The van der Waals surface area contributed by atoms with Crippen molar-refractivity contribution in [2.75, 3.05) is 26.2 Å². The largest absolute Gasteiger partial charge is 0.333 e. The molecular weight excluding hydrogens is 308 g/mol. The van der Waals surface area contributed by atoms with Crippen molar-refractivity contribution >= 4 is 17.4 Å². The van der Waals surface area contributed by atoms with Crippen LogP contribution in [0.2, 0.25) is 0 Å². The average molecular weight is 334 g/mol. The highest BCUT2D eigenvalue weighted by Crippen LogP contribution is 2.46. The lowest BCUT2D eigenvalue weighted by Crippen LogP contribution is -2.55. The first-order valence-corrected chi connectivity index (χ1v) is 9.69. The fourth-order valence-corrected chi connectivity index (χ4v) is 5.41. The summed E-state index contributed by atoms with van der Waals surface area (Å²) in [6, 6.07) is 0.878. The Labute approximate surface area is 142 Å². The number of amides is 2. The zero-order valence-corrected chi connectivity index (χ0v) is 14.6. The van der Waals surface area contributed by atoms with E-state index in [4.69, 9.17) is 0 Å². The van der Waals surface area contributed by atoms with E-state index in [0.717, 1.165) is 53.9 Å². The van der Waals surface area contributed by atoms with Crippen LogP contribution in [0.4, 0.5) is 4.79 Å². The van der Waals surface area contributed by atoms with Gasteiger partial charge in [0.25, 0.3) is 0 Å². The van der Waals surface area contributed by atoms with Crippen LogP contribution in [-0.2, 0) is 6.54 Å². The Bertz CT molecular complexity index is 567. The van der Waals surface area contributed by atoms with E-state index in [9.17, 15) is 4.79 Å². The molecule has 1 saturated heterocycles. The molecule has 23 heavy (non-hydrogen) atoms. The number of piperazine rings is 1. The molecule has 5 nitrogen and oxygen atoms in total. The predicted octanol–water partition coefficient (Wildman–Crippen LogP) is 2.47. The number of carbonyl (C=O) groups excluding carboxylic acids is 1. The van der Waals surface area contributed by atoms with E-state index in [0.29, 0.717) is 6.54 Å². The van der Waals surface area contributed by atoms with E-state index in [2.05, 4.69) is 15.2 Å². The number of carbonyl (C=O) groups is 1. The summed E-state index contributed by atoms with van der Waals surface area (Å²) >= 11 is 1.65. The number of nitrogens with zero attached hydrogens (tertiary/aromatic N) is 3. The Morgan fingerprint density at radius 1 is 1.30 bits per heavy atom. The maximum Gasteiger partial charge on any atom is 0.317 e. The average Bonchev–Trinajstić information content (AvgIpc) is 3.29. The standard InChI is InChI=1S/C17H26N4OS/c1-12-18-10-15(23-12)11-19-17(22)21-6-4-20(5-7-21)16-9-13-2-3-14(16)8-13/h10,13-14,16H,2-9,11H2,1H3,(H,19,22)/t13-,14-,16-/m0/s1. The second-order valence-electron chi connectivity index (χ2n) is 7.27. The number of hydrogen-bond donors (Lipinski definition) is 1. The number of aryl methyl sites for hydroxylation is 1. The van der Waals surface area contributed by atoms with E-state index < -0.39 is 0 Å². The minimum Gasteiger partial charge on any atom is -0.333 e. The zero-order chi connectivity index (χ0) is 15.8. The molecule has 6 heteroatoms. The van der Waals surface area contributed by atoms with Crippen LogP contribution in [0.3, 0.4) is 0 Å². The van der Waals surface area contributed by atoms with E-state index in [1.54, 1.807) is 11.3 Å². The van der Waals surface area contributed by atoms with Crippen LogP contribution in [0.15, 0.2) is 6.20 Å². The van der Waals surface area contributed by atoms with Crippen LogP contribution in [0.1, 0.15) is 35.6 Å². The van der Waals surface area contributed by atoms with E-state index >= 15 is 0 Å². The molecule has 1 aliphatic heterocycles. The van der Waals surface area contributed by atoms with Gasteiger partial charge < -0.3 is 10.2 Å². The van der Waals surface area contributed by atoms with Gasteiger partial charge in [-0.25, -0.2) is 9.78 Å². The monoisotopic (exact) mass is 334 g/mol. The van der Waals surface area contributed by atoms with Gasteiger partial charge in [0.05, 0.1) is 11.6 Å². The normalized spacial score (nSPS) is 30.8. The fraction of sp³-hybridized carbons (Fsp3) is 0.765. The minimum absolute atomic E-state index is 0.0728. The molecule has 2 bridgehead atoms. The molecule has 2 aliphatic carbocycles. The van der Waals surface area contributed by atoms with E-state index in [1.807, 2.05) is 18.0 Å². The second-order valence-corrected chi connectivity index (χ2v) is 8.59. The molecule has 0 radical (unpaired) electrons. The van der Waals surface area contributed by atoms with Gasteiger partial charge in [0.1, 0.15) is 0 Å². The van der Waals surface area contributed by atoms with Gasteiger partial charge in [-0.05, 0) is 38.0 Å². The second kappa shape index (κ2) is 6.40. The predicted molar refractivity (Wildman–Crippen MR) is 91.5 cm³/mol. The Balaban J connectivity index is 1.23. The molecule has 0 unspecified atom stereocenters. The highest BCUT2D eigenvalue weighted by molar-refractivity contribution is 7.11. The number of thiazole rings is 1. The molecule has 1 aromatic heterocycles. The number of aromatic nitrogens is 1. The molecule has 0 spiro atoms. The van der Waals surface area contributed by atoms with Crippen molar-refractivity contribution in [3.63, 3.8) is 0 Å². The lowest BCUT2D eigenvalue weighted by Gasteiger charge is -2.40. The molecule has 1 aromatic rings. The molecule has 2 heterocycles. The lowest BCUT2D eigenvalue weighted by molar-refractivity contribution is 0.0826. The summed E-state index contributed by atoms with van der Waals surface area (Å²) in [5.74, 6) is 1.93. The van der Waals surface area contributed by atoms with Crippen LogP contribution in [0.25, 0.3) is 0 Å². The fourth-order valence-electron chi connectivity index (χ4n) is 4.68. The first kappa shape index (κ1) is 15.4. The molecule has 4 rings (SSSR count). The van der Waals surface area contributed by atoms with Gasteiger partial charge >= 0.3 is 6.03 Å². The molecule has 2 amide bonds. The van der Waals surface area contributed by atoms with Crippen molar-refractivity contribution in [3.8, 4) is 0 Å². The van der Waals surface area contributed by atoms with Crippen LogP contribution in [-0.4, -0.2) is 53.0 Å². The quantitative estimate of drug-likeness (QED) is 0.924. The molecule has 2 saturated carbocycles. The molecule has 3 atom stereocenters. The first-order valence-electron chi connectivity index (χ1n) is 8.87. The number of urea groups is 1. The molecule has 3 aliphatic rings. The third kappa shape index (κ3) is 3.24. The van der Waals surface area contributed by atoms with Gasteiger partial charge in [0, 0.05) is 43.3 Å². The first-order chi connectivity index (χ1) is 11.2. The van der Waals surface area contributed by atoms with Crippen molar-refractivity contribution < 1.29 is 4.79 Å². The summed E-state index contributed by atoms with van der Waals surface area (Å²) in [7, 11) is 0. The molecular formula is C17H26N4OS. The molecule has 1 N–H and O–H groups in total. The summed E-state index contributed by atoms with van der Waals surface area (Å²) in [6.07, 6.45) is 7.61. The molecule has 126 valence electrons. The maximum absolute atomic E-state index is 12.3. The van der Waals surface area contributed by atoms with Crippen molar-refractivity contribution in [2.45, 2.75) is 45.2 Å². The van der Waals surface area contributed by atoms with Crippen LogP contribution >= 0.6 is 11.3 Å². The van der Waals surface area contributed by atoms with Crippen LogP contribution in [0.5, 0.6) is 0 Å². The van der Waals surface area contributed by atoms with E-state index in [-0.39, 0.29) is 6.03 Å². The van der Waals surface area contributed by atoms with E-state index in [1.165, 1.54) is 25.7 Å². The highest BCUT2D eigenvalue weighted by atomic mass is 32.1. The third-order valence-electron chi connectivity index (χ3n) is 5.85. The SMILES string of the molecule is Cc1ncc(CNC(=O)N2CCN([C@H]3C[C@H]4CC[C@H]3C4)CC2)s1. The Hall–Kier alpha value is -1.14. The van der Waals surface area contributed by atoms with Gasteiger partial charge in [-0.15, -0.1) is 11.3 Å². The van der Waals surface area contributed by atoms with Gasteiger partial charge in [0.15, 0.2) is 0 Å². The molecule has 3 fully saturated rings. The minimum atomic E-state index is 0.0728. The summed E-state index contributed by atoms with van der Waals surface area (Å²) in [6.45, 7) is 6.40. The Morgan fingerprint density at radius 2 is 2.13 bits per heavy atom. The van der Waals surface area contributed by atoms with Gasteiger partial charge in [-0.1, -0.05) is 6.42 Å². The van der Waals surface area contributed by atoms with Gasteiger partial charge in [0.2, 0.25) is 0 Å². The highest BCUT2D eigenvalue weighted by Gasteiger charge is 2.42. The topological polar surface area (TPSA) is 48.5 Å². The maximum atomic E-state index is 12.3. The van der Waals surface area contributed by atoms with Crippen molar-refractivity contribution in [2.24, 2.45) is 11.8 Å². The van der Waals surface area contributed by atoms with Gasteiger partial charge in [-0.3, -0.25) is 4.90 Å². The van der Waals surface area contributed by atoms with Crippen molar-refractivity contribution in [3.05, 3.63) is 16.1 Å². The number of hydrogen-bond acceptors (Lipinski definition) is 4. The summed E-state index contributed by atoms with van der Waals surface area (Å²) in [5, 5.41) is 4.08. The number of rotatable bonds is 3. The van der Waals surface area contributed by atoms with Crippen molar-refractivity contribution in [1.82, 2.24) is 20.1 Å². The van der Waals surface area contributed by atoms with Gasteiger partial charge in [-0.2, -0.15) is 0 Å². The third-order valence-corrected chi connectivity index (χ3v) is 6.77. The summed E-state index contributed by atoms with van der Waals surface area (Å²) in [5.41, 5.74) is 0. The summed E-state index contributed by atoms with van der Waals surface area (Å²) in [4.78, 5) is 22.3. The number of nitrogens with one attached hydrogen (secondary N) is 1. The number of fused-ring (bicyclic) bond motifs is 2. The Morgan fingerprint density at radius 3 is 2.74 bits per heavy atom. The van der Waals surface area contributed by atoms with Crippen LogP contribution < -0.4 is 5.32 Å².